The summed E-state index contributed by atoms with van der Waals surface area (Å²) in [7, 11) is 0. The van der Waals surface area contributed by atoms with Crippen LogP contribution in [0.4, 0.5) is 0 Å². The maximum atomic E-state index is 12.0. The maximum absolute atomic E-state index is 12.0. The number of aliphatic hydroxyl groups is 2. The molecule has 0 aromatic carbocycles. The van der Waals surface area contributed by atoms with Gasteiger partial charge in [0, 0.05) is 13.1 Å². The van der Waals surface area contributed by atoms with Crippen LogP contribution in [0.2, 0.25) is 0 Å². The Bertz CT molecular complexity index is 247. The van der Waals surface area contributed by atoms with Crippen molar-refractivity contribution in [3.63, 3.8) is 0 Å². The molecule has 86 valence electrons. The van der Waals surface area contributed by atoms with Gasteiger partial charge >= 0.3 is 0 Å². The van der Waals surface area contributed by atoms with Gasteiger partial charge in [-0.15, -0.1) is 0 Å². The molecular weight excluding hydrogens is 196 g/mol. The standard InChI is InChI=1S/C10H18N2O3/c13-6-7-2-1-3-12(7)10(15)9-4-8(14)5-11-9/h7-9,11,13-14H,1-6H2. The van der Waals surface area contributed by atoms with E-state index in [1.807, 2.05) is 0 Å². The van der Waals surface area contributed by atoms with Gasteiger partial charge < -0.3 is 20.4 Å². The Morgan fingerprint density at radius 3 is 2.93 bits per heavy atom. The van der Waals surface area contributed by atoms with E-state index in [2.05, 4.69) is 5.32 Å². The Balaban J connectivity index is 1.95. The number of nitrogens with one attached hydrogen (secondary N) is 1. The molecule has 3 atom stereocenters. The van der Waals surface area contributed by atoms with Crippen LogP contribution in [0.3, 0.4) is 0 Å². The molecule has 2 rings (SSSR count). The highest BCUT2D eigenvalue weighted by Gasteiger charge is 2.35. The van der Waals surface area contributed by atoms with Crippen LogP contribution in [-0.4, -0.2) is 58.9 Å². The van der Waals surface area contributed by atoms with Crippen molar-refractivity contribution in [2.24, 2.45) is 0 Å². The minimum absolute atomic E-state index is 0.0166. The van der Waals surface area contributed by atoms with E-state index in [-0.39, 0.29) is 24.6 Å². The zero-order chi connectivity index (χ0) is 10.8. The van der Waals surface area contributed by atoms with E-state index in [1.54, 1.807) is 4.90 Å². The van der Waals surface area contributed by atoms with Gasteiger partial charge in [-0.2, -0.15) is 0 Å². The lowest BCUT2D eigenvalue weighted by Crippen LogP contribution is -2.46. The molecule has 2 heterocycles. The minimum Gasteiger partial charge on any atom is -0.394 e. The fourth-order valence-electron chi connectivity index (χ4n) is 2.42. The molecule has 3 N–H and O–H groups in total. The molecule has 0 saturated carbocycles. The third-order valence-electron chi connectivity index (χ3n) is 3.28. The molecule has 2 aliphatic rings. The van der Waals surface area contributed by atoms with E-state index in [4.69, 9.17) is 5.11 Å². The van der Waals surface area contributed by atoms with E-state index in [1.165, 1.54) is 0 Å². The van der Waals surface area contributed by atoms with Gasteiger partial charge in [-0.05, 0) is 19.3 Å². The Morgan fingerprint density at radius 2 is 2.33 bits per heavy atom. The average molecular weight is 214 g/mol. The van der Waals surface area contributed by atoms with Crippen molar-refractivity contribution in [1.29, 1.82) is 0 Å². The predicted molar refractivity (Wildman–Crippen MR) is 54.2 cm³/mol. The highest BCUT2D eigenvalue weighted by Crippen LogP contribution is 2.20. The average Bonchev–Trinajstić information content (AvgIpc) is 2.84. The second kappa shape index (κ2) is 4.47. The Hall–Kier alpha value is -0.650. The van der Waals surface area contributed by atoms with Crippen molar-refractivity contribution >= 4 is 5.91 Å². The summed E-state index contributed by atoms with van der Waals surface area (Å²) in [5.74, 6) is 0.0306. The first kappa shape index (κ1) is 10.9. The lowest BCUT2D eigenvalue weighted by atomic mass is 10.1. The van der Waals surface area contributed by atoms with Gasteiger partial charge in [0.25, 0.3) is 0 Å². The topological polar surface area (TPSA) is 72.8 Å². The lowest BCUT2D eigenvalue weighted by molar-refractivity contribution is -0.134. The molecule has 5 heteroatoms. The van der Waals surface area contributed by atoms with Crippen molar-refractivity contribution in [2.75, 3.05) is 19.7 Å². The fourth-order valence-corrected chi connectivity index (χ4v) is 2.42. The summed E-state index contributed by atoms with van der Waals surface area (Å²) in [6, 6.07) is -0.274. The van der Waals surface area contributed by atoms with Gasteiger partial charge in [-0.25, -0.2) is 0 Å². The van der Waals surface area contributed by atoms with E-state index in [0.29, 0.717) is 13.0 Å². The van der Waals surface area contributed by atoms with Crippen molar-refractivity contribution < 1.29 is 15.0 Å². The summed E-state index contributed by atoms with van der Waals surface area (Å²) in [5, 5.41) is 21.5. The van der Waals surface area contributed by atoms with Gasteiger partial charge in [0.05, 0.1) is 24.8 Å². The maximum Gasteiger partial charge on any atom is 0.240 e. The monoisotopic (exact) mass is 214 g/mol. The number of hydrogen-bond donors (Lipinski definition) is 3. The molecule has 2 saturated heterocycles. The first-order chi connectivity index (χ1) is 7.22. The smallest absolute Gasteiger partial charge is 0.240 e. The molecule has 2 aliphatic heterocycles. The van der Waals surface area contributed by atoms with Crippen molar-refractivity contribution in [1.82, 2.24) is 10.2 Å². The zero-order valence-corrected chi connectivity index (χ0v) is 8.72. The molecule has 15 heavy (non-hydrogen) atoms. The van der Waals surface area contributed by atoms with Crippen LogP contribution >= 0.6 is 0 Å². The van der Waals surface area contributed by atoms with Crippen molar-refractivity contribution in [3.8, 4) is 0 Å². The molecule has 1 amide bonds. The lowest BCUT2D eigenvalue weighted by Gasteiger charge is -2.26. The van der Waals surface area contributed by atoms with Crippen LogP contribution in [-0.2, 0) is 4.79 Å². The van der Waals surface area contributed by atoms with Crippen LogP contribution in [0, 0.1) is 0 Å². The van der Waals surface area contributed by atoms with Gasteiger partial charge in [0.1, 0.15) is 0 Å². The summed E-state index contributed by atoms with van der Waals surface area (Å²) in [6.45, 7) is 1.27. The number of carbonyl (C=O) groups excluding carboxylic acids is 1. The van der Waals surface area contributed by atoms with E-state index in [9.17, 15) is 9.90 Å². The number of β-amino-alcohol motifs (C(OH)–C–C–N with tert-alkyl or cyclic N) is 1. The second-order valence-electron chi connectivity index (χ2n) is 4.36. The van der Waals surface area contributed by atoms with Crippen molar-refractivity contribution in [3.05, 3.63) is 0 Å². The first-order valence-electron chi connectivity index (χ1n) is 5.55. The molecule has 5 nitrogen and oxygen atoms in total. The fraction of sp³-hybridized carbons (Fsp3) is 0.900. The van der Waals surface area contributed by atoms with Crippen LogP contribution in [0.25, 0.3) is 0 Å². The van der Waals surface area contributed by atoms with Crippen LogP contribution in [0.1, 0.15) is 19.3 Å². The summed E-state index contributed by atoms with van der Waals surface area (Å²) < 4.78 is 0. The third-order valence-corrected chi connectivity index (χ3v) is 3.28. The van der Waals surface area contributed by atoms with E-state index >= 15 is 0 Å². The molecule has 0 radical (unpaired) electrons. The Morgan fingerprint density at radius 1 is 1.53 bits per heavy atom. The number of nitrogens with zero attached hydrogens (tertiary/aromatic N) is 1. The SMILES string of the molecule is O=C(C1CC(O)CN1)N1CCCC1CO. The molecule has 0 aliphatic carbocycles. The molecule has 3 unspecified atom stereocenters. The normalized spacial score (nSPS) is 36.1. The summed E-state index contributed by atoms with van der Waals surface area (Å²) in [4.78, 5) is 13.7. The predicted octanol–water partition coefficient (Wildman–Crippen LogP) is -1.31. The van der Waals surface area contributed by atoms with Gasteiger partial charge in [-0.3, -0.25) is 4.79 Å². The largest absolute Gasteiger partial charge is 0.394 e. The van der Waals surface area contributed by atoms with Gasteiger partial charge in [-0.1, -0.05) is 0 Å². The highest BCUT2D eigenvalue weighted by atomic mass is 16.3. The summed E-state index contributed by atoms with van der Waals surface area (Å²) >= 11 is 0. The molecular formula is C10H18N2O3. The third kappa shape index (κ3) is 2.14. The number of amides is 1. The van der Waals surface area contributed by atoms with Gasteiger partial charge in [0.15, 0.2) is 0 Å². The molecule has 2 fully saturated rings. The highest BCUT2D eigenvalue weighted by molar-refractivity contribution is 5.82. The zero-order valence-electron chi connectivity index (χ0n) is 8.72. The number of aliphatic hydroxyl groups excluding tert-OH is 2. The van der Waals surface area contributed by atoms with Crippen LogP contribution < -0.4 is 5.32 Å². The molecule has 0 aromatic heterocycles. The Labute approximate surface area is 89.1 Å². The number of carbonyl (C=O) groups is 1. The number of hydrogen-bond acceptors (Lipinski definition) is 4. The summed E-state index contributed by atoms with van der Waals surface area (Å²) in [6.07, 6.45) is 1.94. The molecule has 0 spiro atoms. The van der Waals surface area contributed by atoms with Crippen LogP contribution in [0.5, 0.6) is 0 Å². The van der Waals surface area contributed by atoms with Gasteiger partial charge in [0.2, 0.25) is 5.91 Å². The Kier molecular flexibility index (Phi) is 3.23. The first-order valence-corrected chi connectivity index (χ1v) is 5.55. The van der Waals surface area contributed by atoms with E-state index < -0.39 is 6.10 Å². The quantitative estimate of drug-likeness (QED) is 0.534. The second-order valence-corrected chi connectivity index (χ2v) is 4.36. The molecule has 0 aromatic rings. The number of likely N-dealkylation sites (tertiary alicyclic amines) is 1. The minimum atomic E-state index is -0.408. The van der Waals surface area contributed by atoms with E-state index in [0.717, 1.165) is 19.4 Å². The van der Waals surface area contributed by atoms with Crippen molar-refractivity contribution in [2.45, 2.75) is 37.5 Å². The van der Waals surface area contributed by atoms with Crippen LogP contribution in [0.15, 0.2) is 0 Å². The molecule has 0 bridgehead atoms. The summed E-state index contributed by atoms with van der Waals surface area (Å²) in [5.41, 5.74) is 0. The number of rotatable bonds is 2.